The zero-order chi connectivity index (χ0) is 19.6. The second-order valence-corrected chi connectivity index (χ2v) is 8.10. The third-order valence-electron chi connectivity index (χ3n) is 3.82. The molecule has 0 aromatic heterocycles. The number of aryl methyl sites for hydroxylation is 1. The van der Waals surface area contributed by atoms with Crippen molar-refractivity contribution in [2.24, 2.45) is 0 Å². The molecule has 1 heterocycles. The molecular weight excluding hydrogens is 454 g/mol. The van der Waals surface area contributed by atoms with Gasteiger partial charge in [0, 0.05) is 10.6 Å². The van der Waals surface area contributed by atoms with E-state index in [0.717, 1.165) is 22.2 Å². The molecule has 5 nitrogen and oxygen atoms in total. The summed E-state index contributed by atoms with van der Waals surface area (Å²) in [6.45, 7) is 2.32. The van der Waals surface area contributed by atoms with Crippen LogP contribution in [0.1, 0.15) is 11.1 Å². The van der Waals surface area contributed by atoms with Gasteiger partial charge in [-0.1, -0.05) is 29.3 Å². The standard InChI is InChI=1S/C19H15BrClNO4S/c1-11-2-4-14(5-3-11)26-7-6-22-18(24)16(27-19(22)25)9-12-8-13(21)10-15(20)17(12)23/h2-5,8-10,23H,6-7H2,1H3/b16-9-. The number of amides is 2. The van der Waals surface area contributed by atoms with Gasteiger partial charge in [-0.25, -0.2) is 0 Å². The van der Waals surface area contributed by atoms with E-state index in [4.69, 9.17) is 16.3 Å². The number of nitrogens with zero attached hydrogens (tertiary/aromatic N) is 1. The van der Waals surface area contributed by atoms with Crippen LogP contribution >= 0.6 is 39.3 Å². The fraction of sp³-hybridized carbons (Fsp3) is 0.158. The molecule has 140 valence electrons. The highest BCUT2D eigenvalue weighted by Gasteiger charge is 2.35. The topological polar surface area (TPSA) is 66.8 Å². The van der Waals surface area contributed by atoms with Crippen LogP contribution in [-0.2, 0) is 4.79 Å². The van der Waals surface area contributed by atoms with Crippen LogP contribution in [0, 0.1) is 6.92 Å². The van der Waals surface area contributed by atoms with Gasteiger partial charge in [0.05, 0.1) is 15.9 Å². The van der Waals surface area contributed by atoms with Crippen LogP contribution in [0.25, 0.3) is 6.08 Å². The van der Waals surface area contributed by atoms with Crippen molar-refractivity contribution >= 4 is 56.5 Å². The first-order chi connectivity index (χ1) is 12.8. The second kappa shape index (κ2) is 8.37. The van der Waals surface area contributed by atoms with Crippen LogP contribution in [0.4, 0.5) is 4.79 Å². The summed E-state index contributed by atoms with van der Waals surface area (Å²) in [5.74, 6) is 0.207. The number of phenolic OH excluding ortho intramolecular Hbond substituents is 1. The van der Waals surface area contributed by atoms with Gasteiger partial charge in [0.15, 0.2) is 0 Å². The molecule has 0 atom stereocenters. The number of ether oxygens (including phenoxy) is 1. The SMILES string of the molecule is Cc1ccc(OCCN2C(=O)S/C(=C\c3cc(Cl)cc(Br)c3O)C2=O)cc1. The van der Waals surface area contributed by atoms with E-state index < -0.39 is 5.91 Å². The molecule has 1 aliphatic heterocycles. The summed E-state index contributed by atoms with van der Waals surface area (Å²) in [5, 5.41) is 10.1. The van der Waals surface area contributed by atoms with Gasteiger partial charge in [-0.2, -0.15) is 0 Å². The van der Waals surface area contributed by atoms with Crippen molar-refractivity contribution in [2.75, 3.05) is 13.2 Å². The Morgan fingerprint density at radius 1 is 1.26 bits per heavy atom. The first-order valence-corrected chi connectivity index (χ1v) is 9.97. The van der Waals surface area contributed by atoms with Crippen LogP contribution in [0.15, 0.2) is 45.8 Å². The summed E-state index contributed by atoms with van der Waals surface area (Å²) in [6.07, 6.45) is 1.46. The molecule has 2 amide bonds. The van der Waals surface area contributed by atoms with Gasteiger partial charge in [0.1, 0.15) is 18.1 Å². The number of hydrogen-bond acceptors (Lipinski definition) is 5. The Balaban J connectivity index is 1.69. The Kier molecular flexibility index (Phi) is 6.14. The minimum Gasteiger partial charge on any atom is -0.506 e. The van der Waals surface area contributed by atoms with E-state index in [2.05, 4.69) is 15.9 Å². The molecule has 2 aromatic rings. The highest BCUT2D eigenvalue weighted by molar-refractivity contribution is 9.10. The number of rotatable bonds is 5. The summed E-state index contributed by atoms with van der Waals surface area (Å²) >= 11 is 10.00. The number of carbonyl (C=O) groups excluding carboxylic acids is 2. The summed E-state index contributed by atoms with van der Waals surface area (Å²) in [5.41, 5.74) is 1.48. The van der Waals surface area contributed by atoms with Crippen molar-refractivity contribution in [3.05, 3.63) is 61.9 Å². The number of phenols is 1. The molecule has 0 aliphatic carbocycles. The summed E-state index contributed by atoms with van der Waals surface area (Å²) in [6, 6.07) is 10.6. The Morgan fingerprint density at radius 2 is 1.96 bits per heavy atom. The van der Waals surface area contributed by atoms with Crippen LogP contribution in [0.5, 0.6) is 11.5 Å². The average molecular weight is 469 g/mol. The Hall–Kier alpha value is -1.96. The lowest BCUT2D eigenvalue weighted by Crippen LogP contribution is -2.32. The smallest absolute Gasteiger partial charge is 0.293 e. The number of hydrogen-bond donors (Lipinski definition) is 1. The predicted octanol–water partition coefficient (Wildman–Crippen LogP) is 5.23. The van der Waals surface area contributed by atoms with E-state index >= 15 is 0 Å². The molecule has 0 unspecified atom stereocenters. The number of benzene rings is 2. The third-order valence-corrected chi connectivity index (χ3v) is 5.55. The average Bonchev–Trinajstić information content (AvgIpc) is 2.88. The molecule has 8 heteroatoms. The van der Waals surface area contributed by atoms with E-state index in [1.165, 1.54) is 12.1 Å². The van der Waals surface area contributed by atoms with Gasteiger partial charge in [-0.15, -0.1) is 0 Å². The lowest BCUT2D eigenvalue weighted by molar-refractivity contribution is -0.123. The molecule has 1 saturated heterocycles. The predicted molar refractivity (Wildman–Crippen MR) is 110 cm³/mol. The lowest BCUT2D eigenvalue weighted by Gasteiger charge is -2.13. The summed E-state index contributed by atoms with van der Waals surface area (Å²) in [7, 11) is 0. The molecule has 27 heavy (non-hydrogen) atoms. The quantitative estimate of drug-likeness (QED) is 0.609. The Morgan fingerprint density at radius 3 is 2.67 bits per heavy atom. The zero-order valence-corrected chi connectivity index (χ0v) is 17.4. The normalized spacial score (nSPS) is 15.7. The van der Waals surface area contributed by atoms with Gasteiger partial charge in [-0.05, 0) is 65.0 Å². The fourth-order valence-electron chi connectivity index (χ4n) is 2.42. The lowest BCUT2D eigenvalue weighted by atomic mass is 10.2. The van der Waals surface area contributed by atoms with E-state index in [1.807, 2.05) is 31.2 Å². The van der Waals surface area contributed by atoms with Crippen molar-refractivity contribution in [3.63, 3.8) is 0 Å². The molecule has 1 aliphatic rings. The number of aromatic hydroxyl groups is 1. The number of carbonyl (C=O) groups is 2. The van der Waals surface area contributed by atoms with Gasteiger partial charge in [0.25, 0.3) is 11.1 Å². The molecule has 0 radical (unpaired) electrons. The Bertz CT molecular complexity index is 930. The van der Waals surface area contributed by atoms with Crippen LogP contribution in [0.2, 0.25) is 5.02 Å². The highest BCUT2D eigenvalue weighted by atomic mass is 79.9. The molecule has 0 saturated carbocycles. The van der Waals surface area contributed by atoms with Crippen molar-refractivity contribution in [1.29, 1.82) is 0 Å². The second-order valence-electron chi connectivity index (χ2n) is 5.82. The Labute approximate surface area is 174 Å². The van der Waals surface area contributed by atoms with Crippen LogP contribution < -0.4 is 4.74 Å². The van der Waals surface area contributed by atoms with E-state index in [9.17, 15) is 14.7 Å². The first kappa shape index (κ1) is 19.8. The third kappa shape index (κ3) is 4.66. The minimum absolute atomic E-state index is 0.0473. The molecule has 1 N–H and O–H groups in total. The molecule has 0 spiro atoms. The molecular formula is C19H15BrClNO4S. The van der Waals surface area contributed by atoms with Gasteiger partial charge in [-0.3, -0.25) is 14.5 Å². The molecule has 0 bridgehead atoms. The van der Waals surface area contributed by atoms with Gasteiger partial charge < -0.3 is 9.84 Å². The highest BCUT2D eigenvalue weighted by Crippen LogP contribution is 2.37. The fourth-order valence-corrected chi connectivity index (χ4v) is 4.11. The summed E-state index contributed by atoms with van der Waals surface area (Å²) < 4.78 is 5.99. The number of imide groups is 1. The number of halogens is 2. The van der Waals surface area contributed by atoms with Crippen molar-refractivity contribution < 1.29 is 19.4 Å². The van der Waals surface area contributed by atoms with E-state index in [0.29, 0.717) is 20.8 Å². The van der Waals surface area contributed by atoms with Crippen molar-refractivity contribution in [1.82, 2.24) is 4.90 Å². The molecule has 3 rings (SSSR count). The van der Waals surface area contributed by atoms with Crippen molar-refractivity contribution in [3.8, 4) is 11.5 Å². The van der Waals surface area contributed by atoms with E-state index in [1.54, 1.807) is 6.07 Å². The monoisotopic (exact) mass is 467 g/mol. The maximum absolute atomic E-state index is 12.5. The molecule has 1 fully saturated rings. The first-order valence-electron chi connectivity index (χ1n) is 7.98. The zero-order valence-electron chi connectivity index (χ0n) is 14.2. The van der Waals surface area contributed by atoms with E-state index in [-0.39, 0.29) is 29.0 Å². The van der Waals surface area contributed by atoms with Gasteiger partial charge >= 0.3 is 0 Å². The summed E-state index contributed by atoms with van der Waals surface area (Å²) in [4.78, 5) is 26.0. The largest absolute Gasteiger partial charge is 0.506 e. The maximum Gasteiger partial charge on any atom is 0.293 e. The van der Waals surface area contributed by atoms with Gasteiger partial charge in [0.2, 0.25) is 0 Å². The maximum atomic E-state index is 12.5. The minimum atomic E-state index is -0.423. The van der Waals surface area contributed by atoms with Crippen LogP contribution in [-0.4, -0.2) is 34.3 Å². The number of thioether (sulfide) groups is 1. The molecule has 2 aromatic carbocycles. The van der Waals surface area contributed by atoms with Crippen LogP contribution in [0.3, 0.4) is 0 Å². The van der Waals surface area contributed by atoms with Crippen molar-refractivity contribution in [2.45, 2.75) is 6.92 Å².